The van der Waals surface area contributed by atoms with Crippen LogP contribution in [0.15, 0.2) is 36.4 Å². The number of rotatable bonds is 6. The van der Waals surface area contributed by atoms with Gasteiger partial charge in [0, 0.05) is 69.2 Å². The number of hydrogen-bond acceptors (Lipinski definition) is 3. The van der Waals surface area contributed by atoms with E-state index < -0.39 is 0 Å². The molecule has 0 spiro atoms. The van der Waals surface area contributed by atoms with Crippen LogP contribution in [0.1, 0.15) is 27.7 Å². The van der Waals surface area contributed by atoms with Gasteiger partial charge in [0.05, 0.1) is 0 Å². The molecule has 0 atom stereocenters. The van der Waals surface area contributed by atoms with Crippen molar-refractivity contribution in [2.75, 3.05) is 36.0 Å². The first-order valence-electron chi connectivity index (χ1n) is 8.87. The summed E-state index contributed by atoms with van der Waals surface area (Å²) in [5, 5.41) is 0. The van der Waals surface area contributed by atoms with E-state index in [-0.39, 0.29) is 44.3 Å². The molecule has 0 aliphatic heterocycles. The molecule has 3 aromatic rings. The molecule has 0 amide bonds. The molecule has 0 saturated carbocycles. The van der Waals surface area contributed by atoms with Gasteiger partial charge in [-0.15, -0.1) is 12.4 Å². The monoisotopic (exact) mass is 475 g/mol. The first kappa shape index (κ1) is 26.3. The fourth-order valence-corrected chi connectivity index (χ4v) is 4.21. The summed E-state index contributed by atoms with van der Waals surface area (Å²) >= 11 is 1.84. The Morgan fingerprint density at radius 3 is 1.44 bits per heavy atom. The zero-order valence-corrected chi connectivity index (χ0v) is 21.9. The molecule has 0 radical (unpaired) electrons. The van der Waals surface area contributed by atoms with Crippen molar-refractivity contribution >= 4 is 55.6 Å². The molecule has 0 unspecified atom stereocenters. The summed E-state index contributed by atoms with van der Waals surface area (Å²) in [4.78, 5) is 9.61. The Bertz CT molecular complexity index is 788. The Morgan fingerprint density at radius 1 is 0.741 bits per heavy atom. The molecule has 3 nitrogen and oxygen atoms in total. The van der Waals surface area contributed by atoms with Crippen LogP contribution in [0, 0.1) is 0 Å². The third kappa shape index (κ3) is 5.63. The summed E-state index contributed by atoms with van der Waals surface area (Å²) in [7, 11) is 0. The number of hydrogen-bond donors (Lipinski definition) is 0. The molecule has 7 heteroatoms. The summed E-state index contributed by atoms with van der Waals surface area (Å²) in [5.74, 6) is 0. The number of anilines is 2. The second-order valence-corrected chi connectivity index (χ2v) is 6.95. The van der Waals surface area contributed by atoms with Crippen LogP contribution in [0.4, 0.5) is 11.4 Å². The molecule has 1 heterocycles. The molecule has 0 bridgehead atoms. The zero-order chi connectivity index (χ0) is 17.1. The minimum Gasteiger partial charge on any atom is -1.00 e. The molecular weight excluding hydrogens is 451 g/mol. The summed E-state index contributed by atoms with van der Waals surface area (Å²) in [6.45, 7) is 12.9. The Kier molecular flexibility index (Phi) is 11.6. The van der Waals surface area contributed by atoms with E-state index >= 15 is 0 Å². The predicted molar refractivity (Wildman–Crippen MR) is 116 cm³/mol. The fraction of sp³-hybridized carbons (Fsp3) is 0.400. The molecular formula is C20H27Cl2N3SZn. The summed E-state index contributed by atoms with van der Waals surface area (Å²) in [6.07, 6.45) is 0. The second-order valence-electron chi connectivity index (χ2n) is 5.86. The predicted octanol–water partition coefficient (Wildman–Crippen LogP) is 2.85. The largest absolute Gasteiger partial charge is 1.00 e. The molecule has 0 fully saturated rings. The van der Waals surface area contributed by atoms with E-state index in [1.54, 1.807) is 0 Å². The van der Waals surface area contributed by atoms with Gasteiger partial charge in [-0.05, 0) is 52.0 Å². The molecule has 0 aliphatic rings. The van der Waals surface area contributed by atoms with Crippen LogP contribution in [-0.2, 0) is 19.5 Å². The quantitative estimate of drug-likeness (QED) is 0.309. The first-order valence-corrected chi connectivity index (χ1v) is 9.69. The molecule has 1 aromatic heterocycles. The topological polar surface area (TPSA) is 19.4 Å². The number of fused-ring (bicyclic) bond motifs is 2. The molecule has 0 saturated heterocycles. The van der Waals surface area contributed by atoms with Crippen LogP contribution in [0.2, 0.25) is 0 Å². The summed E-state index contributed by atoms with van der Waals surface area (Å²) < 4.78 is 2.51. The van der Waals surface area contributed by atoms with Gasteiger partial charge >= 0.3 is 0 Å². The molecule has 0 N–H and O–H groups in total. The van der Waals surface area contributed by atoms with Gasteiger partial charge in [0.15, 0.2) is 0 Å². The van der Waals surface area contributed by atoms with Crippen LogP contribution in [0.5, 0.6) is 0 Å². The van der Waals surface area contributed by atoms with Crippen molar-refractivity contribution in [1.29, 1.82) is 0 Å². The van der Waals surface area contributed by atoms with Crippen molar-refractivity contribution in [3.63, 3.8) is 0 Å². The number of aromatic nitrogens is 1. The van der Waals surface area contributed by atoms with Crippen molar-refractivity contribution < 1.29 is 31.9 Å². The van der Waals surface area contributed by atoms with Gasteiger partial charge in [-0.3, -0.25) is 0 Å². The smallest absolute Gasteiger partial charge is 0.259 e. The van der Waals surface area contributed by atoms with Gasteiger partial charge in [0.2, 0.25) is 11.3 Å². The van der Waals surface area contributed by atoms with Crippen LogP contribution in [-0.4, -0.2) is 31.2 Å². The van der Waals surface area contributed by atoms with E-state index in [4.69, 9.17) is 4.98 Å². The SMILES string of the molecule is CCN(CC)c1ccc2nc3ccc(N(CC)CC)cc3[s+]c2c1.Cl.[Cl-].[Zn]. The summed E-state index contributed by atoms with van der Waals surface area (Å²) in [6, 6.07) is 13.2. The van der Waals surface area contributed by atoms with E-state index in [1.807, 2.05) is 11.3 Å². The van der Waals surface area contributed by atoms with Crippen LogP contribution in [0.3, 0.4) is 0 Å². The van der Waals surface area contributed by atoms with E-state index in [2.05, 4.69) is 73.9 Å². The Balaban J connectivity index is 0.00000225. The maximum atomic E-state index is 4.86. The van der Waals surface area contributed by atoms with Gasteiger partial charge in [-0.25, -0.2) is 4.98 Å². The minimum absolute atomic E-state index is 0. The maximum absolute atomic E-state index is 4.86. The minimum atomic E-state index is 0. The zero-order valence-electron chi connectivity index (χ0n) is 16.5. The van der Waals surface area contributed by atoms with Crippen molar-refractivity contribution in [2.24, 2.45) is 0 Å². The molecule has 2 aromatic carbocycles. The van der Waals surface area contributed by atoms with Crippen LogP contribution in [0.25, 0.3) is 20.4 Å². The van der Waals surface area contributed by atoms with Crippen LogP contribution >= 0.6 is 23.7 Å². The van der Waals surface area contributed by atoms with Gasteiger partial charge in [-0.2, -0.15) is 0 Å². The average molecular weight is 478 g/mol. The molecule has 3 rings (SSSR count). The van der Waals surface area contributed by atoms with E-state index in [9.17, 15) is 0 Å². The van der Waals surface area contributed by atoms with Gasteiger partial charge in [0.25, 0.3) is 9.40 Å². The first-order chi connectivity index (χ1) is 11.7. The second kappa shape index (κ2) is 12.0. The van der Waals surface area contributed by atoms with Crippen molar-refractivity contribution in [3.05, 3.63) is 36.4 Å². The standard InChI is InChI=1S/C20H26N3S.2ClH.Zn/c1-5-22(6-2)15-9-11-17-19(13-15)24-20-14-16(23(7-3)8-4)10-12-18(20)21-17;;;/h9-14H,5-8H2,1-4H3;2*1H;/q+1;;;/p-1. The molecule has 0 aliphatic carbocycles. The number of nitrogens with zero attached hydrogens (tertiary/aromatic N) is 3. The van der Waals surface area contributed by atoms with Crippen LogP contribution < -0.4 is 22.2 Å². The van der Waals surface area contributed by atoms with E-state index in [1.165, 1.54) is 20.8 Å². The van der Waals surface area contributed by atoms with Gasteiger partial charge in [0.1, 0.15) is 11.0 Å². The number of benzene rings is 2. The maximum Gasteiger partial charge on any atom is 0.259 e. The average Bonchev–Trinajstić information content (AvgIpc) is 2.62. The Morgan fingerprint density at radius 2 is 1.11 bits per heavy atom. The van der Waals surface area contributed by atoms with Crippen molar-refractivity contribution in [2.45, 2.75) is 27.7 Å². The van der Waals surface area contributed by atoms with Gasteiger partial charge < -0.3 is 22.2 Å². The van der Waals surface area contributed by atoms with Gasteiger partial charge in [-0.1, -0.05) is 0 Å². The van der Waals surface area contributed by atoms with E-state index in [0.717, 1.165) is 37.2 Å². The van der Waals surface area contributed by atoms with Crippen molar-refractivity contribution in [1.82, 2.24) is 4.98 Å². The number of halogens is 2. The third-order valence-electron chi connectivity index (χ3n) is 4.60. The van der Waals surface area contributed by atoms with Crippen molar-refractivity contribution in [3.8, 4) is 0 Å². The normalized spacial score (nSPS) is 9.93. The van der Waals surface area contributed by atoms with E-state index in [0.29, 0.717) is 0 Å². The Labute approximate surface area is 191 Å². The molecule has 144 valence electrons. The molecule has 27 heavy (non-hydrogen) atoms. The Hall–Kier alpha value is -0.737. The third-order valence-corrected chi connectivity index (χ3v) is 5.70. The summed E-state index contributed by atoms with van der Waals surface area (Å²) in [5.41, 5.74) is 4.73. The fourth-order valence-electron chi connectivity index (χ4n) is 3.17.